The van der Waals surface area contributed by atoms with E-state index < -0.39 is 20.0 Å². The molecule has 1 saturated heterocycles. The second kappa shape index (κ2) is 7.59. The molecule has 0 atom stereocenters. The van der Waals surface area contributed by atoms with Gasteiger partial charge in [-0.15, -0.1) is 0 Å². The van der Waals surface area contributed by atoms with Crippen LogP contribution in [0, 0.1) is 0 Å². The fourth-order valence-corrected chi connectivity index (χ4v) is 6.83. The van der Waals surface area contributed by atoms with Gasteiger partial charge in [0, 0.05) is 26.2 Å². The molecule has 2 aromatic rings. The summed E-state index contributed by atoms with van der Waals surface area (Å²) in [6, 6.07) is 13.7. The highest BCUT2D eigenvalue weighted by atomic mass is 32.2. The lowest BCUT2D eigenvalue weighted by molar-refractivity contribution is 0.273. The number of rotatable bonds is 4. The van der Waals surface area contributed by atoms with E-state index in [1.54, 1.807) is 42.5 Å². The Bertz CT molecular complexity index is 1060. The number of benzene rings is 2. The van der Waals surface area contributed by atoms with Gasteiger partial charge in [-0.2, -0.15) is 8.61 Å². The molecule has 4 rings (SSSR count). The van der Waals surface area contributed by atoms with Crippen molar-refractivity contribution in [3.8, 4) is 0 Å². The smallest absolute Gasteiger partial charge is 0.207 e. The first-order chi connectivity index (χ1) is 13.4. The first-order valence-corrected chi connectivity index (χ1v) is 12.4. The Balaban J connectivity index is 1.50. The second-order valence-electron chi connectivity index (χ2n) is 7.26. The maximum atomic E-state index is 13.1. The molecule has 1 fully saturated rings. The van der Waals surface area contributed by atoms with Crippen molar-refractivity contribution in [1.29, 1.82) is 0 Å². The lowest BCUT2D eigenvalue weighted by atomic mass is 9.92. The molecule has 0 saturated carbocycles. The summed E-state index contributed by atoms with van der Waals surface area (Å²) in [7, 11) is -7.21. The van der Waals surface area contributed by atoms with Gasteiger partial charge in [0.1, 0.15) is 0 Å². The van der Waals surface area contributed by atoms with Crippen molar-refractivity contribution >= 4 is 20.0 Å². The number of hydrogen-bond acceptors (Lipinski definition) is 4. The molecule has 28 heavy (non-hydrogen) atoms. The van der Waals surface area contributed by atoms with Crippen LogP contribution in [0.5, 0.6) is 0 Å². The average Bonchev–Trinajstić information content (AvgIpc) is 2.74. The highest BCUT2D eigenvalue weighted by molar-refractivity contribution is 7.89. The quantitative estimate of drug-likeness (QED) is 0.760. The highest BCUT2D eigenvalue weighted by Crippen LogP contribution is 2.27. The molecule has 0 aromatic heterocycles. The number of aryl methyl sites for hydroxylation is 2. The molecule has 0 N–H and O–H groups in total. The fourth-order valence-electron chi connectivity index (χ4n) is 3.91. The molecule has 150 valence electrons. The van der Waals surface area contributed by atoms with Crippen molar-refractivity contribution in [2.45, 2.75) is 35.5 Å². The van der Waals surface area contributed by atoms with Crippen LogP contribution in [0.2, 0.25) is 0 Å². The molecule has 6 nitrogen and oxygen atoms in total. The molecule has 0 spiro atoms. The third-order valence-corrected chi connectivity index (χ3v) is 9.34. The van der Waals surface area contributed by atoms with Crippen LogP contribution < -0.4 is 0 Å². The third kappa shape index (κ3) is 3.61. The first-order valence-electron chi connectivity index (χ1n) is 9.56. The predicted octanol–water partition coefficient (Wildman–Crippen LogP) is 2.26. The van der Waals surface area contributed by atoms with Crippen LogP contribution in [0.4, 0.5) is 0 Å². The summed E-state index contributed by atoms with van der Waals surface area (Å²) < 4.78 is 54.3. The van der Waals surface area contributed by atoms with Crippen molar-refractivity contribution < 1.29 is 16.8 Å². The van der Waals surface area contributed by atoms with Gasteiger partial charge in [0.25, 0.3) is 0 Å². The summed E-state index contributed by atoms with van der Waals surface area (Å²) in [5.74, 6) is 0. The molecule has 1 aliphatic carbocycles. The van der Waals surface area contributed by atoms with Crippen LogP contribution in [0.15, 0.2) is 58.3 Å². The first kappa shape index (κ1) is 19.6. The number of sulfonamides is 2. The Labute approximate surface area is 166 Å². The number of hydrogen-bond donors (Lipinski definition) is 0. The van der Waals surface area contributed by atoms with Crippen molar-refractivity contribution in [3.05, 3.63) is 59.7 Å². The Hall–Kier alpha value is -1.74. The zero-order valence-electron chi connectivity index (χ0n) is 15.6. The summed E-state index contributed by atoms with van der Waals surface area (Å²) in [5, 5.41) is 0. The van der Waals surface area contributed by atoms with Gasteiger partial charge in [-0.1, -0.05) is 24.3 Å². The molecular weight excluding hydrogens is 396 g/mol. The van der Waals surface area contributed by atoms with E-state index in [0.717, 1.165) is 31.2 Å². The maximum absolute atomic E-state index is 13.1. The van der Waals surface area contributed by atoms with Gasteiger partial charge in [-0.05, 0) is 61.1 Å². The van der Waals surface area contributed by atoms with Gasteiger partial charge in [-0.25, -0.2) is 16.8 Å². The summed E-state index contributed by atoms with van der Waals surface area (Å²) >= 11 is 0. The van der Waals surface area contributed by atoms with Gasteiger partial charge < -0.3 is 0 Å². The van der Waals surface area contributed by atoms with E-state index in [-0.39, 0.29) is 31.1 Å². The summed E-state index contributed by atoms with van der Waals surface area (Å²) in [6.07, 6.45) is 4.16. The van der Waals surface area contributed by atoms with E-state index in [2.05, 4.69) is 0 Å². The minimum absolute atomic E-state index is 0.154. The van der Waals surface area contributed by atoms with Gasteiger partial charge in [-0.3, -0.25) is 0 Å². The number of piperazine rings is 1. The van der Waals surface area contributed by atoms with E-state index in [9.17, 15) is 16.8 Å². The molecule has 0 unspecified atom stereocenters. The van der Waals surface area contributed by atoms with Crippen LogP contribution in [0.1, 0.15) is 24.0 Å². The zero-order chi connectivity index (χ0) is 19.8. The Kier molecular flexibility index (Phi) is 5.30. The monoisotopic (exact) mass is 420 g/mol. The van der Waals surface area contributed by atoms with Crippen molar-refractivity contribution in [2.24, 2.45) is 0 Å². The molecular formula is C20H24N2O4S2. The Morgan fingerprint density at radius 2 is 1.14 bits per heavy atom. The standard InChI is InChI=1S/C20H24N2O4S2/c23-27(24,19-8-2-1-3-9-19)21-12-14-22(15-13-21)28(25,26)20-11-10-17-6-4-5-7-18(17)16-20/h1-3,8-11,16H,4-7,12-15H2. The van der Waals surface area contributed by atoms with Gasteiger partial charge in [0.05, 0.1) is 9.79 Å². The third-order valence-electron chi connectivity index (χ3n) is 5.54. The minimum atomic E-state index is -3.62. The summed E-state index contributed by atoms with van der Waals surface area (Å²) in [6.45, 7) is 0.625. The Morgan fingerprint density at radius 1 is 0.607 bits per heavy atom. The maximum Gasteiger partial charge on any atom is 0.243 e. The van der Waals surface area contributed by atoms with Crippen LogP contribution >= 0.6 is 0 Å². The molecule has 1 aliphatic heterocycles. The fraction of sp³-hybridized carbons (Fsp3) is 0.400. The summed E-state index contributed by atoms with van der Waals surface area (Å²) in [4.78, 5) is 0.550. The van der Waals surface area contributed by atoms with Crippen LogP contribution in [0.25, 0.3) is 0 Å². The van der Waals surface area contributed by atoms with Gasteiger partial charge in [0.15, 0.2) is 0 Å². The lowest BCUT2D eigenvalue weighted by Gasteiger charge is -2.33. The normalized spacial score (nSPS) is 19.3. The largest absolute Gasteiger partial charge is 0.243 e. The molecule has 0 radical (unpaired) electrons. The minimum Gasteiger partial charge on any atom is -0.207 e. The molecule has 2 aromatic carbocycles. The SMILES string of the molecule is O=S(=O)(c1ccccc1)N1CCN(S(=O)(=O)c2ccc3c(c2)CCCC3)CC1. The molecule has 1 heterocycles. The molecule has 2 aliphatic rings. The van der Waals surface area contributed by atoms with E-state index in [1.807, 2.05) is 6.07 Å². The van der Waals surface area contributed by atoms with E-state index in [0.29, 0.717) is 4.90 Å². The average molecular weight is 421 g/mol. The molecule has 8 heteroatoms. The highest BCUT2D eigenvalue weighted by Gasteiger charge is 2.34. The summed E-state index contributed by atoms with van der Waals surface area (Å²) in [5.41, 5.74) is 2.36. The number of fused-ring (bicyclic) bond motifs is 1. The molecule has 0 bridgehead atoms. The van der Waals surface area contributed by atoms with Crippen molar-refractivity contribution in [2.75, 3.05) is 26.2 Å². The number of nitrogens with zero attached hydrogens (tertiary/aromatic N) is 2. The Morgan fingerprint density at radius 3 is 1.75 bits per heavy atom. The van der Waals surface area contributed by atoms with Gasteiger partial charge in [0.2, 0.25) is 20.0 Å². The topological polar surface area (TPSA) is 74.8 Å². The van der Waals surface area contributed by atoms with E-state index in [4.69, 9.17) is 0 Å². The van der Waals surface area contributed by atoms with Crippen molar-refractivity contribution in [3.63, 3.8) is 0 Å². The lowest BCUT2D eigenvalue weighted by Crippen LogP contribution is -2.50. The van der Waals surface area contributed by atoms with Crippen LogP contribution in [-0.2, 0) is 32.9 Å². The van der Waals surface area contributed by atoms with E-state index >= 15 is 0 Å². The van der Waals surface area contributed by atoms with Gasteiger partial charge >= 0.3 is 0 Å². The van der Waals surface area contributed by atoms with Crippen LogP contribution in [-0.4, -0.2) is 51.6 Å². The van der Waals surface area contributed by atoms with Crippen molar-refractivity contribution in [1.82, 2.24) is 8.61 Å². The van der Waals surface area contributed by atoms with E-state index in [1.165, 1.54) is 14.2 Å². The molecule has 0 amide bonds. The zero-order valence-corrected chi connectivity index (χ0v) is 17.3. The van der Waals surface area contributed by atoms with Crippen LogP contribution in [0.3, 0.4) is 0 Å². The second-order valence-corrected chi connectivity index (χ2v) is 11.1. The predicted molar refractivity (Wildman–Crippen MR) is 107 cm³/mol.